The van der Waals surface area contributed by atoms with Crippen LogP contribution in [0.15, 0.2) is 24.3 Å². The van der Waals surface area contributed by atoms with E-state index in [4.69, 9.17) is 0 Å². The molecule has 1 aromatic carbocycles. The fourth-order valence-electron chi connectivity index (χ4n) is 1.14. The zero-order valence-corrected chi connectivity index (χ0v) is 6.59. The Kier molecular flexibility index (Phi) is 2.07. The lowest BCUT2D eigenvalue weighted by Gasteiger charge is -2.04. The van der Waals surface area contributed by atoms with Gasteiger partial charge in [-0.05, 0) is 19.4 Å². The van der Waals surface area contributed by atoms with Crippen molar-refractivity contribution in [3.8, 4) is 0 Å². The van der Waals surface area contributed by atoms with Gasteiger partial charge < -0.3 is 5.73 Å². The third-order valence-corrected chi connectivity index (χ3v) is 1.72. The summed E-state index contributed by atoms with van der Waals surface area (Å²) in [5, 5.41) is 0. The Bertz CT molecular complexity index is 216. The van der Waals surface area contributed by atoms with Crippen LogP contribution in [0.25, 0.3) is 0 Å². The second-order valence-electron chi connectivity index (χ2n) is 2.76. The molecule has 1 nitrogen and oxygen atoms in total. The van der Waals surface area contributed by atoms with E-state index in [-0.39, 0.29) is 0 Å². The van der Waals surface area contributed by atoms with Gasteiger partial charge in [-0.1, -0.05) is 24.3 Å². The molecule has 1 rings (SSSR count). The Morgan fingerprint density at radius 2 is 1.90 bits per heavy atom. The van der Waals surface area contributed by atoms with Gasteiger partial charge in [0.15, 0.2) is 0 Å². The van der Waals surface area contributed by atoms with Crippen LogP contribution in [0.3, 0.4) is 0 Å². The largest absolute Gasteiger partial charge is 0.352 e. The second-order valence-corrected chi connectivity index (χ2v) is 2.76. The highest BCUT2D eigenvalue weighted by atomic mass is 14.6. The highest BCUT2D eigenvalue weighted by Gasteiger charge is 2.03. The molecule has 1 heteroatoms. The van der Waals surface area contributed by atoms with Crippen molar-refractivity contribution in [3.63, 3.8) is 0 Å². The molecule has 0 fully saturated rings. The molecule has 1 atom stereocenters. The van der Waals surface area contributed by atoms with Gasteiger partial charge in [0, 0.05) is 5.56 Å². The number of hydrogen-bond donors (Lipinski definition) is 1. The molecular formula is C9H14N+. The van der Waals surface area contributed by atoms with Gasteiger partial charge in [0.2, 0.25) is 0 Å². The van der Waals surface area contributed by atoms with Crippen LogP contribution >= 0.6 is 0 Å². The minimum Gasteiger partial charge on any atom is -0.352 e. The molecule has 54 valence electrons. The lowest BCUT2D eigenvalue weighted by Crippen LogP contribution is -2.52. The number of aryl methyl sites for hydroxylation is 1. The summed E-state index contributed by atoms with van der Waals surface area (Å²) in [6.07, 6.45) is 0. The molecule has 0 saturated heterocycles. The first kappa shape index (κ1) is 7.29. The number of hydrogen-bond acceptors (Lipinski definition) is 0. The van der Waals surface area contributed by atoms with Crippen molar-refractivity contribution in [1.29, 1.82) is 0 Å². The van der Waals surface area contributed by atoms with Crippen LogP contribution in [0, 0.1) is 6.92 Å². The summed E-state index contributed by atoms with van der Waals surface area (Å²) < 4.78 is 0. The maximum atomic E-state index is 3.97. The summed E-state index contributed by atoms with van der Waals surface area (Å²) in [5.74, 6) is 0. The Labute approximate surface area is 61.9 Å². The minimum atomic E-state index is 0.404. The number of benzene rings is 1. The SMILES string of the molecule is Cc1ccccc1[C@H](C)[NH3+]. The smallest absolute Gasteiger partial charge is 0.107 e. The van der Waals surface area contributed by atoms with Crippen molar-refractivity contribution < 1.29 is 5.73 Å². The molecule has 0 spiro atoms. The summed E-state index contributed by atoms with van der Waals surface area (Å²) >= 11 is 0. The summed E-state index contributed by atoms with van der Waals surface area (Å²) in [5.41, 5.74) is 6.66. The van der Waals surface area contributed by atoms with Gasteiger partial charge in [-0.2, -0.15) is 0 Å². The van der Waals surface area contributed by atoms with Gasteiger partial charge in [-0.25, -0.2) is 0 Å². The van der Waals surface area contributed by atoms with Crippen LogP contribution in [0.2, 0.25) is 0 Å². The van der Waals surface area contributed by atoms with Crippen molar-refractivity contribution in [1.82, 2.24) is 0 Å². The molecule has 0 radical (unpaired) electrons. The monoisotopic (exact) mass is 136 g/mol. The van der Waals surface area contributed by atoms with E-state index in [9.17, 15) is 0 Å². The van der Waals surface area contributed by atoms with Crippen molar-refractivity contribution in [2.45, 2.75) is 19.9 Å². The summed E-state index contributed by atoms with van der Waals surface area (Å²) in [6, 6.07) is 8.77. The van der Waals surface area contributed by atoms with Gasteiger partial charge in [0.1, 0.15) is 6.04 Å². The van der Waals surface area contributed by atoms with Crippen LogP contribution in [0.4, 0.5) is 0 Å². The molecule has 0 aliphatic carbocycles. The molecule has 3 N–H and O–H groups in total. The molecule has 0 amide bonds. The molecule has 0 heterocycles. The average molecular weight is 136 g/mol. The molecule has 0 aliphatic heterocycles. The standard InChI is InChI=1S/C9H13N/c1-7-5-3-4-6-9(7)8(2)10/h3-6,8H,10H2,1-2H3/p+1/t8-/m0/s1. The van der Waals surface area contributed by atoms with E-state index in [0.717, 1.165) is 0 Å². The van der Waals surface area contributed by atoms with Gasteiger partial charge in [-0.15, -0.1) is 0 Å². The number of rotatable bonds is 1. The van der Waals surface area contributed by atoms with Crippen molar-refractivity contribution in [2.24, 2.45) is 0 Å². The molecule has 0 saturated carbocycles. The van der Waals surface area contributed by atoms with Crippen LogP contribution in [-0.2, 0) is 0 Å². The predicted octanol–water partition coefficient (Wildman–Crippen LogP) is 1.30. The minimum absolute atomic E-state index is 0.404. The first-order chi connectivity index (χ1) is 4.72. The first-order valence-corrected chi connectivity index (χ1v) is 3.60. The van der Waals surface area contributed by atoms with Crippen molar-refractivity contribution in [3.05, 3.63) is 35.4 Å². The van der Waals surface area contributed by atoms with Crippen LogP contribution in [0.5, 0.6) is 0 Å². The summed E-state index contributed by atoms with van der Waals surface area (Å²) in [4.78, 5) is 0. The lowest BCUT2D eigenvalue weighted by atomic mass is 10.0. The average Bonchev–Trinajstić information content (AvgIpc) is 1.88. The molecular weight excluding hydrogens is 122 g/mol. The van der Waals surface area contributed by atoms with E-state index >= 15 is 0 Å². The molecule has 1 aromatic rings. The topological polar surface area (TPSA) is 27.6 Å². The highest BCUT2D eigenvalue weighted by Crippen LogP contribution is 2.11. The Morgan fingerprint density at radius 3 is 2.30 bits per heavy atom. The maximum absolute atomic E-state index is 3.97. The maximum Gasteiger partial charge on any atom is 0.107 e. The molecule has 0 aromatic heterocycles. The fourth-order valence-corrected chi connectivity index (χ4v) is 1.14. The normalized spacial score (nSPS) is 13.1. The zero-order chi connectivity index (χ0) is 7.56. The van der Waals surface area contributed by atoms with E-state index in [1.807, 2.05) is 0 Å². The third kappa shape index (κ3) is 1.36. The van der Waals surface area contributed by atoms with Crippen LogP contribution < -0.4 is 5.73 Å². The third-order valence-electron chi connectivity index (χ3n) is 1.72. The van der Waals surface area contributed by atoms with Crippen LogP contribution in [0.1, 0.15) is 24.1 Å². The Balaban J connectivity index is 3.03. The Morgan fingerprint density at radius 1 is 1.30 bits per heavy atom. The van der Waals surface area contributed by atoms with Gasteiger partial charge in [0.05, 0.1) is 0 Å². The predicted molar refractivity (Wildman–Crippen MR) is 42.5 cm³/mol. The van der Waals surface area contributed by atoms with E-state index in [0.29, 0.717) is 6.04 Å². The summed E-state index contributed by atoms with van der Waals surface area (Å²) in [6.45, 7) is 4.24. The van der Waals surface area contributed by atoms with E-state index < -0.39 is 0 Å². The van der Waals surface area contributed by atoms with E-state index in [2.05, 4.69) is 43.8 Å². The van der Waals surface area contributed by atoms with E-state index in [1.54, 1.807) is 0 Å². The quantitative estimate of drug-likeness (QED) is 0.602. The molecule has 0 unspecified atom stereocenters. The molecule has 0 aliphatic rings. The Hall–Kier alpha value is -0.820. The van der Waals surface area contributed by atoms with E-state index in [1.165, 1.54) is 11.1 Å². The van der Waals surface area contributed by atoms with Gasteiger partial charge in [0.25, 0.3) is 0 Å². The first-order valence-electron chi connectivity index (χ1n) is 3.60. The zero-order valence-electron chi connectivity index (χ0n) is 6.59. The van der Waals surface area contributed by atoms with Crippen LogP contribution in [-0.4, -0.2) is 0 Å². The van der Waals surface area contributed by atoms with Crippen molar-refractivity contribution in [2.75, 3.05) is 0 Å². The van der Waals surface area contributed by atoms with Gasteiger partial charge >= 0.3 is 0 Å². The highest BCUT2D eigenvalue weighted by molar-refractivity contribution is 5.26. The lowest BCUT2D eigenvalue weighted by molar-refractivity contribution is -0.420. The second kappa shape index (κ2) is 2.84. The number of quaternary nitrogens is 1. The van der Waals surface area contributed by atoms with Crippen molar-refractivity contribution >= 4 is 0 Å². The fraction of sp³-hybridized carbons (Fsp3) is 0.333. The van der Waals surface area contributed by atoms with Gasteiger partial charge in [-0.3, -0.25) is 0 Å². The molecule has 0 bridgehead atoms. The summed E-state index contributed by atoms with van der Waals surface area (Å²) in [7, 11) is 0. The molecule has 10 heavy (non-hydrogen) atoms.